The fourth-order valence-electron chi connectivity index (χ4n) is 2.81. The van der Waals surface area contributed by atoms with Gasteiger partial charge in [-0.05, 0) is 29.8 Å². The number of nitrogens with one attached hydrogen (secondary N) is 1. The monoisotopic (exact) mass is 364 g/mol. The standard InChI is InChI=1S/C18H20N4O3.Na.H/c23-17(24)15-4-1-3-14(11-15)13-21-7-9-22(10-8-21)18(25)20-16-5-2-6-19-12-16;;/h1-6,11-12H,7-10,13H2,(H,20,25)(H,23,24);;/q;+1;-1. The number of carbonyl (C=O) groups excluding carboxylic acids is 1. The van der Waals surface area contributed by atoms with E-state index in [2.05, 4.69) is 15.2 Å². The summed E-state index contributed by atoms with van der Waals surface area (Å²) in [6.07, 6.45) is 3.28. The summed E-state index contributed by atoms with van der Waals surface area (Å²) < 4.78 is 0. The van der Waals surface area contributed by atoms with Gasteiger partial charge in [0.05, 0.1) is 17.4 Å². The number of hydrogen-bond acceptors (Lipinski definition) is 4. The molecule has 26 heavy (non-hydrogen) atoms. The third-order valence-corrected chi connectivity index (χ3v) is 4.15. The summed E-state index contributed by atoms with van der Waals surface area (Å²) in [6.45, 7) is 3.43. The van der Waals surface area contributed by atoms with E-state index in [9.17, 15) is 9.59 Å². The number of nitrogens with zero attached hydrogens (tertiary/aromatic N) is 3. The van der Waals surface area contributed by atoms with Crippen molar-refractivity contribution in [1.29, 1.82) is 0 Å². The first-order valence-corrected chi connectivity index (χ1v) is 8.12. The Hall–Kier alpha value is -1.93. The summed E-state index contributed by atoms with van der Waals surface area (Å²) in [5.74, 6) is -0.918. The maximum atomic E-state index is 12.3. The van der Waals surface area contributed by atoms with Gasteiger partial charge in [-0.15, -0.1) is 0 Å². The SMILES string of the molecule is O=C(O)c1cccc(CN2CCN(C(=O)Nc3cccnc3)CC2)c1.[H-].[Na+]. The van der Waals surface area contributed by atoms with Crippen molar-refractivity contribution >= 4 is 17.7 Å². The van der Waals surface area contributed by atoms with Crippen LogP contribution in [-0.2, 0) is 6.54 Å². The van der Waals surface area contributed by atoms with E-state index in [1.54, 1.807) is 47.6 Å². The van der Waals surface area contributed by atoms with Gasteiger partial charge in [0, 0.05) is 38.9 Å². The van der Waals surface area contributed by atoms with Crippen LogP contribution < -0.4 is 34.9 Å². The zero-order valence-corrected chi connectivity index (χ0v) is 16.8. The first-order valence-electron chi connectivity index (χ1n) is 8.12. The second kappa shape index (κ2) is 9.68. The molecule has 2 N–H and O–H groups in total. The van der Waals surface area contributed by atoms with Crippen LogP contribution in [0.3, 0.4) is 0 Å². The molecule has 1 aliphatic rings. The normalized spacial score (nSPS) is 14.4. The number of carbonyl (C=O) groups is 2. The van der Waals surface area contributed by atoms with E-state index >= 15 is 0 Å². The molecule has 2 heterocycles. The van der Waals surface area contributed by atoms with Crippen LogP contribution in [0, 0.1) is 0 Å². The van der Waals surface area contributed by atoms with Crippen molar-refractivity contribution in [2.75, 3.05) is 31.5 Å². The largest absolute Gasteiger partial charge is 1.00 e. The molecule has 2 aromatic rings. The Labute approximate surface area is 175 Å². The Bertz CT molecular complexity index is 755. The minimum atomic E-state index is -0.918. The average molecular weight is 364 g/mol. The smallest absolute Gasteiger partial charge is 1.00 e. The molecule has 0 saturated carbocycles. The summed E-state index contributed by atoms with van der Waals surface area (Å²) in [5.41, 5.74) is 1.94. The Kier molecular flexibility index (Phi) is 7.59. The maximum absolute atomic E-state index is 12.3. The minimum absolute atomic E-state index is 0. The number of rotatable bonds is 4. The number of aromatic carboxylic acids is 1. The fourth-order valence-corrected chi connectivity index (χ4v) is 2.81. The van der Waals surface area contributed by atoms with Crippen LogP contribution in [0.25, 0.3) is 0 Å². The molecule has 1 fully saturated rings. The summed E-state index contributed by atoms with van der Waals surface area (Å²) in [4.78, 5) is 31.3. The number of piperazine rings is 1. The van der Waals surface area contributed by atoms with E-state index in [0.29, 0.717) is 30.9 Å². The van der Waals surface area contributed by atoms with E-state index in [1.807, 2.05) is 6.07 Å². The van der Waals surface area contributed by atoms with Gasteiger partial charge in [0.25, 0.3) is 0 Å². The van der Waals surface area contributed by atoms with E-state index in [4.69, 9.17) is 5.11 Å². The summed E-state index contributed by atoms with van der Waals surface area (Å²) in [7, 11) is 0. The molecule has 0 unspecified atom stereocenters. The molecular weight excluding hydrogens is 343 g/mol. The van der Waals surface area contributed by atoms with Crippen molar-refractivity contribution in [3.05, 3.63) is 59.9 Å². The summed E-state index contributed by atoms with van der Waals surface area (Å²) in [6, 6.07) is 10.4. The minimum Gasteiger partial charge on any atom is -1.00 e. The van der Waals surface area contributed by atoms with Gasteiger partial charge in [0.15, 0.2) is 0 Å². The van der Waals surface area contributed by atoms with E-state index < -0.39 is 5.97 Å². The Balaban J connectivity index is 0.00000182. The molecule has 132 valence electrons. The number of hydrogen-bond donors (Lipinski definition) is 2. The quantitative estimate of drug-likeness (QED) is 0.697. The van der Waals surface area contributed by atoms with Crippen molar-refractivity contribution in [2.45, 2.75) is 6.54 Å². The molecule has 0 atom stereocenters. The molecule has 0 radical (unpaired) electrons. The number of amides is 2. The number of anilines is 1. The van der Waals surface area contributed by atoms with Crippen molar-refractivity contribution in [2.24, 2.45) is 0 Å². The van der Waals surface area contributed by atoms with Gasteiger partial charge >= 0.3 is 41.6 Å². The predicted molar refractivity (Wildman–Crippen MR) is 94.6 cm³/mol. The molecule has 0 aliphatic carbocycles. The summed E-state index contributed by atoms with van der Waals surface area (Å²) in [5, 5.41) is 11.9. The van der Waals surface area contributed by atoms with Gasteiger partial charge in [-0.3, -0.25) is 9.88 Å². The van der Waals surface area contributed by atoms with Crippen LogP contribution in [0.15, 0.2) is 48.8 Å². The van der Waals surface area contributed by atoms with Crippen LogP contribution in [0.5, 0.6) is 0 Å². The molecule has 1 aliphatic heterocycles. The van der Waals surface area contributed by atoms with Crippen molar-refractivity contribution in [3.8, 4) is 0 Å². The number of carboxylic acids is 1. The van der Waals surface area contributed by atoms with Crippen molar-refractivity contribution < 1.29 is 45.7 Å². The third-order valence-electron chi connectivity index (χ3n) is 4.15. The Morgan fingerprint density at radius 2 is 1.92 bits per heavy atom. The van der Waals surface area contributed by atoms with Gasteiger partial charge < -0.3 is 16.7 Å². The molecule has 8 heteroatoms. The number of urea groups is 1. The average Bonchev–Trinajstić information content (AvgIpc) is 2.63. The van der Waals surface area contributed by atoms with Crippen LogP contribution in [0.4, 0.5) is 10.5 Å². The second-order valence-corrected chi connectivity index (χ2v) is 5.94. The van der Waals surface area contributed by atoms with Gasteiger partial charge in [-0.1, -0.05) is 12.1 Å². The molecule has 1 aromatic heterocycles. The molecule has 3 rings (SSSR count). The molecular formula is C18H21N4NaO3. The van der Waals surface area contributed by atoms with E-state index in [0.717, 1.165) is 18.7 Å². The van der Waals surface area contributed by atoms with Crippen LogP contribution in [0.2, 0.25) is 0 Å². The van der Waals surface area contributed by atoms with Gasteiger partial charge in [-0.25, -0.2) is 9.59 Å². The van der Waals surface area contributed by atoms with Crippen LogP contribution in [-0.4, -0.2) is 58.1 Å². The Morgan fingerprint density at radius 3 is 2.58 bits per heavy atom. The fraction of sp³-hybridized carbons (Fsp3) is 0.278. The number of pyridine rings is 1. The van der Waals surface area contributed by atoms with Crippen LogP contribution in [0.1, 0.15) is 17.3 Å². The first kappa shape index (κ1) is 20.4. The zero-order valence-electron chi connectivity index (χ0n) is 15.8. The zero-order chi connectivity index (χ0) is 17.6. The first-order chi connectivity index (χ1) is 12.1. The van der Waals surface area contributed by atoms with E-state index in [-0.39, 0.29) is 37.0 Å². The maximum Gasteiger partial charge on any atom is 1.00 e. The summed E-state index contributed by atoms with van der Waals surface area (Å²) >= 11 is 0. The molecule has 2 amide bonds. The Morgan fingerprint density at radius 1 is 1.15 bits per heavy atom. The molecule has 0 spiro atoms. The molecule has 0 bridgehead atoms. The number of aromatic nitrogens is 1. The topological polar surface area (TPSA) is 85.8 Å². The van der Waals surface area contributed by atoms with E-state index in [1.165, 1.54) is 0 Å². The molecule has 7 nitrogen and oxygen atoms in total. The van der Waals surface area contributed by atoms with Crippen molar-refractivity contribution in [1.82, 2.24) is 14.8 Å². The number of carboxylic acid groups (broad SMARTS) is 1. The van der Waals surface area contributed by atoms with Crippen LogP contribution >= 0.6 is 0 Å². The molecule has 1 aromatic carbocycles. The third kappa shape index (κ3) is 5.54. The van der Waals surface area contributed by atoms with Gasteiger partial charge in [-0.2, -0.15) is 0 Å². The van der Waals surface area contributed by atoms with Gasteiger partial charge in [0.2, 0.25) is 0 Å². The van der Waals surface area contributed by atoms with Crippen molar-refractivity contribution in [3.63, 3.8) is 0 Å². The predicted octanol–water partition coefficient (Wildman–Crippen LogP) is -0.754. The van der Waals surface area contributed by atoms with Gasteiger partial charge in [0.1, 0.15) is 0 Å². The molecule has 1 saturated heterocycles. The second-order valence-electron chi connectivity index (χ2n) is 5.94. The number of benzene rings is 1.